The molecule has 3 rings (SSSR count). The Balaban J connectivity index is 0.00000363. The third-order valence-electron chi connectivity index (χ3n) is 6.80. The van der Waals surface area contributed by atoms with Crippen molar-refractivity contribution in [1.82, 2.24) is 10.2 Å². The van der Waals surface area contributed by atoms with Crippen LogP contribution in [0.2, 0.25) is 0 Å². The molecule has 2 aliphatic rings. The van der Waals surface area contributed by atoms with E-state index in [1.807, 2.05) is 0 Å². The average molecular weight is 522 g/mol. The van der Waals surface area contributed by atoms with Crippen molar-refractivity contribution < 1.29 is 31.3 Å². The molecule has 0 spiro atoms. The summed E-state index contributed by atoms with van der Waals surface area (Å²) in [6.45, 7) is 12.4. The van der Waals surface area contributed by atoms with Gasteiger partial charge in [-0.25, -0.2) is 0 Å². The molecule has 5 heteroatoms. The molecule has 1 aliphatic carbocycles. The Morgan fingerprint density at radius 2 is 1.91 bits per heavy atom. The number of aromatic hydroxyl groups is 2. The van der Waals surface area contributed by atoms with Crippen LogP contribution in [0.4, 0.5) is 0 Å². The van der Waals surface area contributed by atoms with Gasteiger partial charge in [-0.1, -0.05) is 59.1 Å². The first-order valence-corrected chi connectivity index (χ1v) is 12.0. The predicted octanol–water partition coefficient (Wildman–Crippen LogP) is 6.35. The van der Waals surface area contributed by atoms with Gasteiger partial charge in [0.2, 0.25) is 0 Å². The molecule has 1 aliphatic heterocycles. The number of rotatable bonds is 6. The van der Waals surface area contributed by atoms with E-state index in [0.717, 1.165) is 31.4 Å². The normalized spacial score (nSPS) is 23.0. The first-order valence-electron chi connectivity index (χ1n) is 12.0. The summed E-state index contributed by atoms with van der Waals surface area (Å²) in [6, 6.07) is 6.76. The Bertz CT molecular complexity index is 821. The van der Waals surface area contributed by atoms with Crippen LogP contribution in [0.3, 0.4) is 0 Å². The molecule has 4 nitrogen and oxygen atoms in total. The van der Waals surface area contributed by atoms with Gasteiger partial charge >= 0.3 is 0 Å². The molecule has 1 aromatic carbocycles. The van der Waals surface area contributed by atoms with Crippen molar-refractivity contribution >= 4 is 6.08 Å². The number of nitrogens with zero attached hydrogens (tertiary/aromatic N) is 1. The van der Waals surface area contributed by atoms with Crippen LogP contribution < -0.4 is 5.32 Å². The van der Waals surface area contributed by atoms with Gasteiger partial charge in [-0.15, -0.1) is 29.3 Å². The Hall–Kier alpha value is -1.25. The summed E-state index contributed by atoms with van der Waals surface area (Å²) in [5.74, 6) is -0.326. The fourth-order valence-electron chi connectivity index (χ4n) is 5.12. The molecule has 32 heavy (non-hydrogen) atoms. The first-order chi connectivity index (χ1) is 14.6. The number of allylic oxidation sites excluding steroid dienone is 2. The molecule has 1 aromatic rings. The molecular formula is C27H41MoN2O2-. The SMILES string of the molecule is C/C(=C/c1[c-]c(O)c(O)cc1)CCN1C(C(C)(C)C)=CCCC1(C)NC1CCCCC1.[Mo]. The van der Waals surface area contributed by atoms with Crippen LogP contribution in [0.1, 0.15) is 91.5 Å². The van der Waals surface area contributed by atoms with E-state index in [2.05, 4.69) is 63.1 Å². The van der Waals surface area contributed by atoms with Crippen LogP contribution in [0.5, 0.6) is 11.5 Å². The second kappa shape index (κ2) is 11.3. The minimum atomic E-state index is -0.195. The molecule has 1 fully saturated rings. The maximum absolute atomic E-state index is 9.74. The molecule has 0 aromatic heterocycles. The van der Waals surface area contributed by atoms with Gasteiger partial charge in [0.15, 0.2) is 0 Å². The van der Waals surface area contributed by atoms with Gasteiger partial charge in [-0.2, -0.15) is 0 Å². The van der Waals surface area contributed by atoms with Crippen LogP contribution >= 0.6 is 0 Å². The minimum absolute atomic E-state index is 0. The van der Waals surface area contributed by atoms with E-state index < -0.39 is 0 Å². The summed E-state index contributed by atoms with van der Waals surface area (Å²) in [5.41, 5.74) is 3.54. The molecule has 0 saturated heterocycles. The number of benzene rings is 1. The van der Waals surface area contributed by atoms with E-state index in [9.17, 15) is 10.2 Å². The van der Waals surface area contributed by atoms with Crippen molar-refractivity contribution in [2.24, 2.45) is 5.41 Å². The van der Waals surface area contributed by atoms with Crippen LogP contribution in [-0.2, 0) is 21.1 Å². The molecule has 1 heterocycles. The van der Waals surface area contributed by atoms with Gasteiger partial charge in [-0.05, 0) is 39.0 Å². The molecule has 1 saturated carbocycles. The number of hydrogen-bond acceptors (Lipinski definition) is 4. The molecule has 178 valence electrons. The number of nitrogens with one attached hydrogen (secondary N) is 1. The molecule has 0 bridgehead atoms. The van der Waals surface area contributed by atoms with Crippen LogP contribution in [-0.4, -0.2) is 33.4 Å². The summed E-state index contributed by atoms with van der Waals surface area (Å²) < 4.78 is 0. The van der Waals surface area contributed by atoms with E-state index in [1.165, 1.54) is 49.4 Å². The fourth-order valence-corrected chi connectivity index (χ4v) is 5.12. The largest absolute Gasteiger partial charge is 0.548 e. The van der Waals surface area contributed by atoms with Crippen LogP contribution in [0.25, 0.3) is 6.08 Å². The number of phenolic OH excluding ortho intramolecular Hbond substituents is 2. The summed E-state index contributed by atoms with van der Waals surface area (Å²) in [6.07, 6.45) is 14.3. The van der Waals surface area contributed by atoms with Gasteiger partial charge in [-0.3, -0.25) is 5.32 Å². The standard InChI is InChI=1S/C27H41N2O2.Mo/c1-20(18-21-13-14-23(30)24(31)19-21)15-17-29-25(26(2,3)4)12-9-16-27(29,5)28-22-10-7-6-8-11-22;/h12-14,18,22,28,30-31H,6-11,15-17H2,1-5H3;/q-1;/b20-18-;. The summed E-state index contributed by atoms with van der Waals surface area (Å²) in [5, 5.41) is 23.3. The quantitative estimate of drug-likeness (QED) is 0.232. The molecule has 1 atom stereocenters. The second-order valence-corrected chi connectivity index (χ2v) is 10.7. The van der Waals surface area contributed by atoms with E-state index in [0.29, 0.717) is 6.04 Å². The minimum Gasteiger partial charge on any atom is -0.548 e. The number of phenols is 2. The molecule has 0 amide bonds. The maximum Gasteiger partial charge on any atom is 0.0881 e. The summed E-state index contributed by atoms with van der Waals surface area (Å²) >= 11 is 0. The van der Waals surface area contributed by atoms with Crippen LogP contribution in [0.15, 0.2) is 29.5 Å². The topological polar surface area (TPSA) is 55.7 Å². The van der Waals surface area contributed by atoms with Crippen molar-refractivity contribution in [2.75, 3.05) is 6.54 Å². The second-order valence-electron chi connectivity index (χ2n) is 10.7. The smallest absolute Gasteiger partial charge is 0.0881 e. The van der Waals surface area contributed by atoms with Crippen molar-refractivity contribution in [2.45, 2.75) is 97.7 Å². The molecule has 0 radical (unpaired) electrons. The van der Waals surface area contributed by atoms with E-state index in [1.54, 1.807) is 6.07 Å². The van der Waals surface area contributed by atoms with Gasteiger partial charge in [0.25, 0.3) is 0 Å². The van der Waals surface area contributed by atoms with Gasteiger partial charge in [0.1, 0.15) is 0 Å². The zero-order valence-corrected chi connectivity index (χ0v) is 22.5. The average Bonchev–Trinajstić information content (AvgIpc) is 2.69. The maximum atomic E-state index is 9.74. The zero-order chi connectivity index (χ0) is 22.6. The van der Waals surface area contributed by atoms with E-state index in [4.69, 9.17) is 0 Å². The Kier molecular flexibility index (Phi) is 9.49. The van der Waals surface area contributed by atoms with Gasteiger partial charge < -0.3 is 15.1 Å². The first kappa shape index (κ1) is 27.0. The fraction of sp³-hybridized carbons (Fsp3) is 0.630. The van der Waals surface area contributed by atoms with Crippen molar-refractivity contribution in [3.63, 3.8) is 0 Å². The van der Waals surface area contributed by atoms with E-state index in [-0.39, 0.29) is 43.6 Å². The van der Waals surface area contributed by atoms with Crippen molar-refractivity contribution in [1.29, 1.82) is 0 Å². The monoisotopic (exact) mass is 523 g/mol. The van der Waals surface area contributed by atoms with Crippen LogP contribution in [0, 0.1) is 11.5 Å². The molecule has 3 N–H and O–H groups in total. The van der Waals surface area contributed by atoms with Crippen molar-refractivity contribution in [3.8, 4) is 11.5 Å². The Labute approximate surface area is 209 Å². The Morgan fingerprint density at radius 1 is 1.22 bits per heavy atom. The third kappa shape index (κ3) is 6.87. The summed E-state index contributed by atoms with van der Waals surface area (Å²) in [7, 11) is 0. The van der Waals surface area contributed by atoms with Gasteiger partial charge in [0, 0.05) is 44.8 Å². The summed E-state index contributed by atoms with van der Waals surface area (Å²) in [4.78, 5) is 2.63. The number of hydrogen-bond donors (Lipinski definition) is 3. The molecule has 1 unspecified atom stereocenters. The zero-order valence-electron chi connectivity index (χ0n) is 20.5. The third-order valence-corrected chi connectivity index (χ3v) is 6.80. The van der Waals surface area contributed by atoms with E-state index >= 15 is 0 Å². The van der Waals surface area contributed by atoms with Gasteiger partial charge in [0.05, 0.1) is 17.2 Å². The Morgan fingerprint density at radius 3 is 2.53 bits per heavy atom. The van der Waals surface area contributed by atoms with Crippen molar-refractivity contribution in [3.05, 3.63) is 41.1 Å². The molecular weight excluding hydrogens is 480 g/mol. The predicted molar refractivity (Wildman–Crippen MR) is 129 cm³/mol.